The van der Waals surface area contributed by atoms with E-state index in [0.29, 0.717) is 5.82 Å². The molecule has 3 rings (SSSR count). The summed E-state index contributed by atoms with van der Waals surface area (Å²) in [5.41, 5.74) is 9.02. The Kier molecular flexibility index (Phi) is 2.96. The molecule has 0 bridgehead atoms. The van der Waals surface area contributed by atoms with Crippen LogP contribution in [0.15, 0.2) is 32.7 Å². The summed E-state index contributed by atoms with van der Waals surface area (Å²) in [6.45, 7) is 2.03. The Hall–Kier alpha value is -0.850. The smallest absolute Gasteiger partial charge is 0.142 e. The molecule has 0 radical (unpaired) electrons. The van der Waals surface area contributed by atoms with Crippen molar-refractivity contribution in [2.75, 3.05) is 5.73 Å². The van der Waals surface area contributed by atoms with Gasteiger partial charge in [-0.1, -0.05) is 0 Å². The van der Waals surface area contributed by atoms with Crippen LogP contribution < -0.4 is 5.73 Å². The fraction of sp³-hybridized carbons (Fsp3) is 0.0833. The Bertz CT molecular complexity index is 745. The maximum absolute atomic E-state index is 6.19. The number of rotatable bonds is 1. The van der Waals surface area contributed by atoms with Crippen molar-refractivity contribution in [1.82, 2.24) is 9.38 Å². The maximum Gasteiger partial charge on any atom is 0.142 e. The molecule has 2 N–H and O–H groups in total. The van der Waals surface area contributed by atoms with Crippen LogP contribution in [0.25, 0.3) is 16.2 Å². The van der Waals surface area contributed by atoms with Gasteiger partial charge in [-0.25, -0.2) is 4.98 Å². The highest BCUT2D eigenvalue weighted by Crippen LogP contribution is 2.34. The molecule has 18 heavy (non-hydrogen) atoms. The van der Waals surface area contributed by atoms with Gasteiger partial charge in [-0.15, -0.1) is 11.3 Å². The summed E-state index contributed by atoms with van der Waals surface area (Å²) in [5, 5.41) is 2.03. The van der Waals surface area contributed by atoms with Crippen molar-refractivity contribution in [2.45, 2.75) is 6.92 Å². The minimum Gasteiger partial charge on any atom is -0.383 e. The number of aromatic nitrogens is 2. The molecule has 6 heteroatoms. The summed E-state index contributed by atoms with van der Waals surface area (Å²) >= 11 is 8.56. The molecule has 0 amide bonds. The second-order valence-corrected chi connectivity index (χ2v) is 6.75. The highest BCUT2D eigenvalue weighted by atomic mass is 79.9. The number of nitrogens with two attached hydrogens (primary N) is 1. The molecule has 0 aliphatic rings. The van der Waals surface area contributed by atoms with Crippen LogP contribution in [-0.2, 0) is 0 Å². The SMILES string of the molecule is Cc1cc(Br)cn2c(N)c(-c3cc(Br)cs3)nc12. The molecule has 3 aromatic heterocycles. The zero-order valence-corrected chi connectivity index (χ0v) is 13.4. The van der Waals surface area contributed by atoms with E-state index in [2.05, 4.69) is 36.8 Å². The first-order valence-corrected chi connectivity index (χ1v) is 7.71. The first-order valence-electron chi connectivity index (χ1n) is 5.24. The highest BCUT2D eigenvalue weighted by molar-refractivity contribution is 9.10. The summed E-state index contributed by atoms with van der Waals surface area (Å²) < 4.78 is 3.97. The summed E-state index contributed by atoms with van der Waals surface area (Å²) in [5.74, 6) is 0.670. The Balaban J connectivity index is 2.32. The lowest BCUT2D eigenvalue weighted by molar-refractivity contribution is 1.16. The molecule has 0 aliphatic heterocycles. The molecule has 92 valence electrons. The van der Waals surface area contributed by atoms with Gasteiger partial charge in [0.05, 0.1) is 4.88 Å². The third kappa shape index (κ3) is 1.88. The van der Waals surface area contributed by atoms with E-state index in [0.717, 1.165) is 30.7 Å². The molecular weight excluding hydrogens is 378 g/mol. The fourth-order valence-corrected chi connectivity index (χ4v) is 3.88. The maximum atomic E-state index is 6.19. The monoisotopic (exact) mass is 385 g/mol. The number of hydrogen-bond acceptors (Lipinski definition) is 3. The Morgan fingerprint density at radius 1 is 1.28 bits per heavy atom. The minimum absolute atomic E-state index is 0.670. The van der Waals surface area contributed by atoms with E-state index in [9.17, 15) is 0 Å². The van der Waals surface area contributed by atoms with Gasteiger partial charge in [0.2, 0.25) is 0 Å². The second kappa shape index (κ2) is 4.36. The zero-order valence-electron chi connectivity index (χ0n) is 9.45. The molecule has 0 aromatic carbocycles. The molecule has 0 saturated carbocycles. The molecule has 0 aliphatic carbocycles. The molecule has 3 aromatic rings. The molecule has 0 fully saturated rings. The van der Waals surface area contributed by atoms with Gasteiger partial charge in [0.1, 0.15) is 17.2 Å². The number of nitrogens with zero attached hydrogens (tertiary/aromatic N) is 2. The van der Waals surface area contributed by atoms with Crippen molar-refractivity contribution >= 4 is 54.7 Å². The van der Waals surface area contributed by atoms with Crippen LogP contribution in [0.5, 0.6) is 0 Å². The Labute approximate surface area is 125 Å². The quantitative estimate of drug-likeness (QED) is 0.670. The largest absolute Gasteiger partial charge is 0.383 e. The van der Waals surface area contributed by atoms with Gasteiger partial charge in [-0.05, 0) is 56.5 Å². The predicted molar refractivity (Wildman–Crippen MR) is 83.1 cm³/mol. The number of aryl methyl sites for hydroxylation is 1. The summed E-state index contributed by atoms with van der Waals surface area (Å²) in [4.78, 5) is 5.71. The van der Waals surface area contributed by atoms with Crippen molar-refractivity contribution in [3.8, 4) is 10.6 Å². The van der Waals surface area contributed by atoms with E-state index in [4.69, 9.17) is 5.73 Å². The van der Waals surface area contributed by atoms with Gasteiger partial charge in [0, 0.05) is 20.5 Å². The van der Waals surface area contributed by atoms with Crippen molar-refractivity contribution in [3.63, 3.8) is 0 Å². The summed E-state index contributed by atoms with van der Waals surface area (Å²) in [6, 6.07) is 4.07. The van der Waals surface area contributed by atoms with E-state index in [1.54, 1.807) is 11.3 Å². The first-order chi connectivity index (χ1) is 8.56. The van der Waals surface area contributed by atoms with Crippen LogP contribution in [0.1, 0.15) is 5.56 Å². The number of nitrogen functional groups attached to an aromatic ring is 1. The minimum atomic E-state index is 0.670. The van der Waals surface area contributed by atoms with Crippen LogP contribution in [-0.4, -0.2) is 9.38 Å². The van der Waals surface area contributed by atoms with E-state index >= 15 is 0 Å². The van der Waals surface area contributed by atoms with E-state index < -0.39 is 0 Å². The predicted octanol–water partition coefficient (Wildman–Crippen LogP) is 4.48. The van der Waals surface area contributed by atoms with Gasteiger partial charge in [-0.3, -0.25) is 4.40 Å². The van der Waals surface area contributed by atoms with Crippen LogP contribution in [0.2, 0.25) is 0 Å². The normalized spacial score (nSPS) is 11.3. The Morgan fingerprint density at radius 3 is 2.72 bits per heavy atom. The second-order valence-electron chi connectivity index (χ2n) is 4.01. The number of imidazole rings is 1. The van der Waals surface area contributed by atoms with E-state index in [-0.39, 0.29) is 0 Å². The van der Waals surface area contributed by atoms with Crippen molar-refractivity contribution in [2.24, 2.45) is 0 Å². The van der Waals surface area contributed by atoms with Gasteiger partial charge >= 0.3 is 0 Å². The third-order valence-electron chi connectivity index (χ3n) is 2.71. The number of halogens is 2. The van der Waals surface area contributed by atoms with E-state index in [1.807, 2.05) is 35.0 Å². The van der Waals surface area contributed by atoms with Gasteiger partial charge in [-0.2, -0.15) is 0 Å². The van der Waals surface area contributed by atoms with Crippen LogP contribution in [0.3, 0.4) is 0 Å². The van der Waals surface area contributed by atoms with Crippen LogP contribution >= 0.6 is 43.2 Å². The molecule has 0 unspecified atom stereocenters. The average Bonchev–Trinajstić information content (AvgIpc) is 2.85. The van der Waals surface area contributed by atoms with Gasteiger partial charge < -0.3 is 5.73 Å². The topological polar surface area (TPSA) is 43.3 Å². The van der Waals surface area contributed by atoms with Crippen molar-refractivity contribution in [3.05, 3.63) is 38.2 Å². The molecule has 0 atom stereocenters. The number of anilines is 1. The highest BCUT2D eigenvalue weighted by Gasteiger charge is 2.14. The molecule has 0 spiro atoms. The number of thiophene rings is 1. The first kappa shape index (κ1) is 12.2. The number of pyridine rings is 1. The molecule has 3 nitrogen and oxygen atoms in total. The number of fused-ring (bicyclic) bond motifs is 1. The van der Waals surface area contributed by atoms with Gasteiger partial charge in [0.15, 0.2) is 0 Å². The van der Waals surface area contributed by atoms with E-state index in [1.165, 1.54) is 0 Å². The average molecular weight is 387 g/mol. The lowest BCUT2D eigenvalue weighted by Gasteiger charge is -2.00. The molecular formula is C12H9Br2N3S. The van der Waals surface area contributed by atoms with Crippen LogP contribution in [0, 0.1) is 6.92 Å². The lowest BCUT2D eigenvalue weighted by Crippen LogP contribution is -1.94. The zero-order chi connectivity index (χ0) is 12.9. The summed E-state index contributed by atoms with van der Waals surface area (Å²) in [6.07, 6.45) is 1.94. The Morgan fingerprint density at radius 2 is 2.06 bits per heavy atom. The summed E-state index contributed by atoms with van der Waals surface area (Å²) in [7, 11) is 0. The fourth-order valence-electron chi connectivity index (χ4n) is 1.90. The van der Waals surface area contributed by atoms with Gasteiger partial charge in [0.25, 0.3) is 0 Å². The molecule has 3 heterocycles. The van der Waals surface area contributed by atoms with Crippen LogP contribution in [0.4, 0.5) is 5.82 Å². The standard InChI is InChI=1S/C12H9Br2N3S/c1-6-2-7(13)4-17-11(15)10(16-12(6)17)9-3-8(14)5-18-9/h2-5H,15H2,1H3. The number of hydrogen-bond donors (Lipinski definition) is 1. The van der Waals surface area contributed by atoms with Crippen molar-refractivity contribution in [1.29, 1.82) is 0 Å². The third-order valence-corrected chi connectivity index (χ3v) is 4.84. The molecule has 0 saturated heterocycles. The van der Waals surface area contributed by atoms with Crippen molar-refractivity contribution < 1.29 is 0 Å². The lowest BCUT2D eigenvalue weighted by atomic mass is 10.3.